The maximum Gasteiger partial charge on any atom is 0.230 e. The van der Waals surface area contributed by atoms with E-state index in [1.54, 1.807) is 7.11 Å². The second kappa shape index (κ2) is 12.0. The Morgan fingerprint density at radius 3 is 2.61 bits per heavy atom. The van der Waals surface area contributed by atoms with Crippen molar-refractivity contribution in [1.29, 1.82) is 0 Å². The van der Waals surface area contributed by atoms with E-state index in [1.807, 2.05) is 35.2 Å². The van der Waals surface area contributed by atoms with Gasteiger partial charge in [-0.3, -0.25) is 9.59 Å². The molecule has 1 aromatic carbocycles. The number of anilines is 1. The smallest absolute Gasteiger partial charge is 0.230 e. The zero-order chi connectivity index (χ0) is 22.1. The highest BCUT2D eigenvalue weighted by Gasteiger charge is 2.28. The number of piperazine rings is 1. The molecule has 0 saturated carbocycles. The number of nitrogens with one attached hydrogen (secondary N) is 1. The fraction of sp³-hybridized carbons (Fsp3) is 0.524. The van der Waals surface area contributed by atoms with Crippen LogP contribution in [0.15, 0.2) is 34.7 Å². The highest BCUT2D eigenvalue weighted by atomic mass is 32.2. The Labute approximate surface area is 191 Å². The van der Waals surface area contributed by atoms with Crippen molar-refractivity contribution in [2.75, 3.05) is 57.1 Å². The summed E-state index contributed by atoms with van der Waals surface area (Å²) >= 11 is 2.87. The quantitative estimate of drug-likeness (QED) is 0.427. The molecule has 1 saturated heterocycles. The highest BCUT2D eigenvalue weighted by molar-refractivity contribution is 8.01. The Morgan fingerprint density at radius 1 is 1.19 bits per heavy atom. The molecule has 3 rings (SSSR count). The van der Waals surface area contributed by atoms with E-state index in [0.29, 0.717) is 32.0 Å². The minimum absolute atomic E-state index is 0.0465. The van der Waals surface area contributed by atoms with Crippen molar-refractivity contribution in [2.24, 2.45) is 0 Å². The SMILES string of the molecule is CCC(C(=O)N1CCN(c2nnc(SCC(=O)NCCOC)s2)CC1)c1ccccc1. The van der Waals surface area contributed by atoms with Crippen LogP contribution in [0.25, 0.3) is 0 Å². The zero-order valence-corrected chi connectivity index (χ0v) is 19.6. The molecule has 2 heterocycles. The summed E-state index contributed by atoms with van der Waals surface area (Å²) in [5.41, 5.74) is 1.08. The fourth-order valence-electron chi connectivity index (χ4n) is 3.44. The lowest BCUT2D eigenvalue weighted by Crippen LogP contribution is -2.50. The van der Waals surface area contributed by atoms with Crippen LogP contribution in [0, 0.1) is 0 Å². The first-order valence-corrected chi connectivity index (χ1v) is 12.2. The fourth-order valence-corrected chi connectivity index (χ4v) is 5.16. The molecular weight excluding hydrogens is 434 g/mol. The maximum atomic E-state index is 13.1. The second-order valence-electron chi connectivity index (χ2n) is 7.17. The summed E-state index contributed by atoms with van der Waals surface area (Å²) < 4.78 is 5.69. The topological polar surface area (TPSA) is 87.7 Å². The normalized spacial score (nSPS) is 15.0. The Balaban J connectivity index is 1.47. The van der Waals surface area contributed by atoms with Crippen molar-refractivity contribution in [3.63, 3.8) is 0 Å². The van der Waals surface area contributed by atoms with Crippen LogP contribution in [-0.2, 0) is 14.3 Å². The van der Waals surface area contributed by atoms with E-state index < -0.39 is 0 Å². The number of ether oxygens (including phenoxy) is 1. The molecule has 0 radical (unpaired) electrons. The Kier molecular flexibility index (Phi) is 9.11. The van der Waals surface area contributed by atoms with Crippen molar-refractivity contribution < 1.29 is 14.3 Å². The van der Waals surface area contributed by atoms with Gasteiger partial charge in [-0.25, -0.2) is 0 Å². The average molecular weight is 464 g/mol. The van der Waals surface area contributed by atoms with E-state index in [-0.39, 0.29) is 17.7 Å². The molecule has 1 aromatic heterocycles. The summed E-state index contributed by atoms with van der Waals surface area (Å²) in [6, 6.07) is 10.00. The third-order valence-electron chi connectivity index (χ3n) is 5.12. The van der Waals surface area contributed by atoms with Gasteiger partial charge in [-0.05, 0) is 12.0 Å². The van der Waals surface area contributed by atoms with Crippen LogP contribution in [0.1, 0.15) is 24.8 Å². The van der Waals surface area contributed by atoms with E-state index in [9.17, 15) is 9.59 Å². The zero-order valence-electron chi connectivity index (χ0n) is 18.0. The number of benzene rings is 1. The summed E-state index contributed by atoms with van der Waals surface area (Å²) in [7, 11) is 1.60. The van der Waals surface area contributed by atoms with E-state index in [4.69, 9.17) is 4.74 Å². The molecule has 1 aliphatic heterocycles. The molecule has 10 heteroatoms. The summed E-state index contributed by atoms with van der Waals surface area (Å²) in [6.45, 7) is 5.87. The molecule has 1 unspecified atom stereocenters. The first-order valence-electron chi connectivity index (χ1n) is 10.4. The number of nitrogens with zero attached hydrogens (tertiary/aromatic N) is 4. The first-order chi connectivity index (χ1) is 15.1. The second-order valence-corrected chi connectivity index (χ2v) is 9.34. The Bertz CT molecular complexity index is 841. The molecule has 2 aromatic rings. The van der Waals surface area contributed by atoms with Crippen LogP contribution in [-0.4, -0.2) is 79.1 Å². The average Bonchev–Trinajstić information content (AvgIpc) is 3.28. The molecule has 8 nitrogen and oxygen atoms in total. The molecule has 1 atom stereocenters. The number of rotatable bonds is 10. The maximum absolute atomic E-state index is 13.1. The molecule has 168 valence electrons. The van der Waals surface area contributed by atoms with Crippen molar-refractivity contribution in [1.82, 2.24) is 20.4 Å². The Morgan fingerprint density at radius 2 is 1.94 bits per heavy atom. The number of thioether (sulfide) groups is 1. The van der Waals surface area contributed by atoms with E-state index >= 15 is 0 Å². The van der Waals surface area contributed by atoms with Crippen LogP contribution >= 0.6 is 23.1 Å². The summed E-state index contributed by atoms with van der Waals surface area (Å²) in [6.07, 6.45) is 0.791. The predicted molar refractivity (Wildman–Crippen MR) is 124 cm³/mol. The summed E-state index contributed by atoms with van der Waals surface area (Å²) in [4.78, 5) is 29.0. The van der Waals surface area contributed by atoms with Crippen LogP contribution in [0.3, 0.4) is 0 Å². The molecule has 0 spiro atoms. The van der Waals surface area contributed by atoms with Crippen LogP contribution < -0.4 is 10.2 Å². The molecule has 31 heavy (non-hydrogen) atoms. The van der Waals surface area contributed by atoms with E-state index in [2.05, 4.69) is 27.3 Å². The molecule has 0 aliphatic carbocycles. The lowest BCUT2D eigenvalue weighted by molar-refractivity contribution is -0.133. The number of carbonyl (C=O) groups excluding carboxylic acids is 2. The summed E-state index contributed by atoms with van der Waals surface area (Å²) in [5, 5.41) is 12.1. The van der Waals surface area contributed by atoms with Gasteiger partial charge in [-0.2, -0.15) is 0 Å². The van der Waals surface area contributed by atoms with Crippen molar-refractivity contribution in [2.45, 2.75) is 23.6 Å². The van der Waals surface area contributed by atoms with Crippen molar-refractivity contribution in [3.05, 3.63) is 35.9 Å². The van der Waals surface area contributed by atoms with Gasteiger partial charge < -0.3 is 19.9 Å². The monoisotopic (exact) mass is 463 g/mol. The predicted octanol–water partition coefficient (Wildman–Crippen LogP) is 2.24. The number of aromatic nitrogens is 2. The Hall–Kier alpha value is -2.17. The lowest BCUT2D eigenvalue weighted by atomic mass is 9.95. The third kappa shape index (κ3) is 6.65. The van der Waals surface area contributed by atoms with Crippen LogP contribution in [0.4, 0.5) is 5.13 Å². The number of hydrogen-bond acceptors (Lipinski definition) is 8. The number of amides is 2. The summed E-state index contributed by atoms with van der Waals surface area (Å²) in [5.74, 6) is 0.363. The van der Waals surface area contributed by atoms with Gasteiger partial charge in [-0.1, -0.05) is 60.4 Å². The van der Waals surface area contributed by atoms with Crippen molar-refractivity contribution in [3.8, 4) is 0 Å². The van der Waals surface area contributed by atoms with Gasteiger partial charge in [0.05, 0.1) is 18.3 Å². The van der Waals surface area contributed by atoms with Gasteiger partial charge in [0.15, 0.2) is 4.34 Å². The van der Waals surface area contributed by atoms with Crippen molar-refractivity contribution >= 4 is 40.0 Å². The number of methoxy groups -OCH3 is 1. The van der Waals surface area contributed by atoms with Crippen LogP contribution in [0.5, 0.6) is 0 Å². The number of hydrogen-bond donors (Lipinski definition) is 1. The van der Waals surface area contributed by atoms with Crippen LogP contribution in [0.2, 0.25) is 0 Å². The molecule has 1 fully saturated rings. The third-order valence-corrected chi connectivity index (χ3v) is 7.24. The molecule has 1 N–H and O–H groups in total. The molecule has 2 amide bonds. The standard InChI is InChI=1S/C21H29N5O3S2/c1-3-17(16-7-5-4-6-8-16)19(28)25-10-12-26(13-11-25)20-23-24-21(31-20)30-15-18(27)22-9-14-29-2/h4-8,17H,3,9-15H2,1-2H3,(H,22,27). The number of carbonyl (C=O) groups is 2. The molecule has 1 aliphatic rings. The highest BCUT2D eigenvalue weighted by Crippen LogP contribution is 2.29. The van der Waals surface area contributed by atoms with Gasteiger partial charge in [0.25, 0.3) is 0 Å². The van der Waals surface area contributed by atoms with Gasteiger partial charge in [0, 0.05) is 39.8 Å². The van der Waals surface area contributed by atoms with Gasteiger partial charge in [0.2, 0.25) is 16.9 Å². The largest absolute Gasteiger partial charge is 0.383 e. The minimum Gasteiger partial charge on any atom is -0.383 e. The molecule has 0 bridgehead atoms. The van der Waals surface area contributed by atoms with Gasteiger partial charge in [0.1, 0.15) is 0 Å². The minimum atomic E-state index is -0.0904. The first kappa shape index (κ1) is 23.5. The van der Waals surface area contributed by atoms with Gasteiger partial charge >= 0.3 is 0 Å². The molecular formula is C21H29N5O3S2. The van der Waals surface area contributed by atoms with E-state index in [1.165, 1.54) is 23.1 Å². The van der Waals surface area contributed by atoms with Gasteiger partial charge in [-0.15, -0.1) is 10.2 Å². The lowest BCUT2D eigenvalue weighted by Gasteiger charge is -2.36. The van der Waals surface area contributed by atoms with E-state index in [0.717, 1.165) is 34.5 Å².